The van der Waals surface area contributed by atoms with Gasteiger partial charge < -0.3 is 24.7 Å². The van der Waals surface area contributed by atoms with Crippen molar-refractivity contribution in [3.05, 3.63) is 34.8 Å². The van der Waals surface area contributed by atoms with Gasteiger partial charge >= 0.3 is 0 Å². The smallest absolute Gasteiger partial charge is 0.249 e. The number of halogens is 1. The van der Waals surface area contributed by atoms with Gasteiger partial charge in [0.1, 0.15) is 5.82 Å². The van der Waals surface area contributed by atoms with Gasteiger partial charge in [0.05, 0.1) is 29.5 Å². The minimum Gasteiger partial charge on any atom is -0.421 e. The van der Waals surface area contributed by atoms with Crippen molar-refractivity contribution in [1.29, 1.82) is 0 Å². The van der Waals surface area contributed by atoms with Crippen molar-refractivity contribution >= 4 is 40.1 Å². The van der Waals surface area contributed by atoms with Crippen molar-refractivity contribution in [2.45, 2.75) is 51.7 Å². The molecular formula is C26H30ClN9O2. The van der Waals surface area contributed by atoms with E-state index in [9.17, 15) is 0 Å². The first-order chi connectivity index (χ1) is 18.4. The topological polar surface area (TPSA) is 135 Å². The number of benzene rings is 1. The molecule has 2 saturated heterocycles. The lowest BCUT2D eigenvalue weighted by Crippen LogP contribution is -2.50. The summed E-state index contributed by atoms with van der Waals surface area (Å²) >= 11 is 6.61. The fourth-order valence-electron chi connectivity index (χ4n) is 6.27. The molecule has 38 heavy (non-hydrogen) atoms. The van der Waals surface area contributed by atoms with Crippen molar-refractivity contribution in [2.75, 3.05) is 36.0 Å². The Bertz CT molecular complexity index is 1510. The maximum atomic E-state index is 6.61. The third kappa shape index (κ3) is 3.67. The van der Waals surface area contributed by atoms with Gasteiger partial charge in [-0.3, -0.25) is 5.10 Å². The Kier molecular flexibility index (Phi) is 5.57. The number of hydrogen-bond acceptors (Lipinski definition) is 10. The molecule has 0 unspecified atom stereocenters. The van der Waals surface area contributed by atoms with Gasteiger partial charge in [-0.25, -0.2) is 9.97 Å². The molecule has 1 spiro atoms. The van der Waals surface area contributed by atoms with Crippen molar-refractivity contribution in [3.8, 4) is 11.5 Å². The summed E-state index contributed by atoms with van der Waals surface area (Å²) in [6.45, 7) is 7.15. The third-order valence-electron chi connectivity index (χ3n) is 8.50. The molecule has 0 radical (unpaired) electrons. The van der Waals surface area contributed by atoms with Crippen LogP contribution in [0.5, 0.6) is 0 Å². The maximum Gasteiger partial charge on any atom is 0.249 e. The average molecular weight is 536 g/mol. The van der Waals surface area contributed by atoms with Gasteiger partial charge in [-0.05, 0) is 50.3 Å². The van der Waals surface area contributed by atoms with E-state index >= 15 is 0 Å². The Morgan fingerprint density at radius 1 is 1.18 bits per heavy atom. The van der Waals surface area contributed by atoms with Gasteiger partial charge in [0.2, 0.25) is 11.8 Å². The van der Waals surface area contributed by atoms with E-state index in [0.29, 0.717) is 22.5 Å². The molecule has 0 aliphatic carbocycles. The SMILES string of the molecule is Cc1nnc(-c2c(Cl)ccc3c2CCCN3c2n[nH]c3nc(N4CCC5(CC4)CO[C@@H](C)[C@H]5N)cnc23)o1. The van der Waals surface area contributed by atoms with Crippen LogP contribution in [-0.2, 0) is 11.2 Å². The molecule has 3 aromatic heterocycles. The van der Waals surface area contributed by atoms with Gasteiger partial charge in [-0.2, -0.15) is 5.10 Å². The molecule has 2 fully saturated rings. The van der Waals surface area contributed by atoms with Crippen LogP contribution in [0.25, 0.3) is 22.6 Å². The van der Waals surface area contributed by atoms with Crippen LogP contribution in [0.2, 0.25) is 5.02 Å². The lowest BCUT2D eigenvalue weighted by molar-refractivity contribution is 0.0974. The highest BCUT2D eigenvalue weighted by Gasteiger charge is 2.47. The Hall–Kier alpha value is -3.28. The summed E-state index contributed by atoms with van der Waals surface area (Å²) in [7, 11) is 0. The predicted octanol–water partition coefficient (Wildman–Crippen LogP) is 3.78. The van der Waals surface area contributed by atoms with Crippen molar-refractivity contribution in [1.82, 2.24) is 30.4 Å². The van der Waals surface area contributed by atoms with Crippen molar-refractivity contribution < 1.29 is 9.15 Å². The molecule has 4 aromatic rings. The van der Waals surface area contributed by atoms with Crippen LogP contribution < -0.4 is 15.5 Å². The summed E-state index contributed by atoms with van der Waals surface area (Å²) in [5.41, 5.74) is 10.8. The zero-order valence-corrected chi connectivity index (χ0v) is 22.2. The maximum absolute atomic E-state index is 6.61. The Balaban J connectivity index is 1.18. The molecule has 3 aliphatic heterocycles. The predicted molar refractivity (Wildman–Crippen MR) is 144 cm³/mol. The average Bonchev–Trinajstić information content (AvgIpc) is 3.63. The zero-order valence-electron chi connectivity index (χ0n) is 21.4. The first-order valence-electron chi connectivity index (χ1n) is 13.2. The Morgan fingerprint density at radius 3 is 2.76 bits per heavy atom. The Labute approximate surface area is 224 Å². The number of nitrogens with zero attached hydrogens (tertiary/aromatic N) is 7. The molecular weight excluding hydrogens is 506 g/mol. The van der Waals surface area contributed by atoms with Crippen molar-refractivity contribution in [2.24, 2.45) is 11.1 Å². The van der Waals surface area contributed by atoms with E-state index in [4.69, 9.17) is 36.5 Å². The quantitative estimate of drug-likeness (QED) is 0.399. The first kappa shape index (κ1) is 23.8. The molecule has 2 atom stereocenters. The fraction of sp³-hybridized carbons (Fsp3) is 0.500. The molecule has 0 amide bonds. The zero-order chi connectivity index (χ0) is 26.0. The number of nitrogens with one attached hydrogen (secondary N) is 1. The molecule has 198 valence electrons. The van der Waals surface area contributed by atoms with Crippen LogP contribution in [0.3, 0.4) is 0 Å². The molecule has 7 rings (SSSR count). The summed E-state index contributed by atoms with van der Waals surface area (Å²) in [5, 5.41) is 16.6. The number of rotatable bonds is 3. The minimum absolute atomic E-state index is 0.0674. The minimum atomic E-state index is 0.0674. The van der Waals surface area contributed by atoms with Crippen LogP contribution in [0.1, 0.15) is 37.6 Å². The first-order valence-corrected chi connectivity index (χ1v) is 13.5. The normalized spacial score (nSPS) is 22.9. The van der Waals surface area contributed by atoms with E-state index < -0.39 is 0 Å². The lowest BCUT2D eigenvalue weighted by atomic mass is 9.73. The molecule has 6 heterocycles. The number of nitrogens with two attached hydrogens (primary N) is 1. The number of anilines is 3. The summed E-state index contributed by atoms with van der Waals surface area (Å²) in [4.78, 5) is 14.2. The lowest BCUT2D eigenvalue weighted by Gasteiger charge is -2.41. The number of piperidine rings is 1. The third-order valence-corrected chi connectivity index (χ3v) is 8.82. The van der Waals surface area contributed by atoms with Crippen LogP contribution >= 0.6 is 11.6 Å². The number of aryl methyl sites for hydroxylation is 1. The highest BCUT2D eigenvalue weighted by atomic mass is 35.5. The molecule has 3 N–H and O–H groups in total. The van der Waals surface area contributed by atoms with Crippen LogP contribution in [0, 0.1) is 12.3 Å². The number of aromatic nitrogens is 6. The van der Waals surface area contributed by atoms with Crippen LogP contribution in [0.4, 0.5) is 17.3 Å². The molecule has 1 aromatic carbocycles. The number of ether oxygens (including phenoxy) is 1. The summed E-state index contributed by atoms with van der Waals surface area (Å²) < 4.78 is 11.6. The highest BCUT2D eigenvalue weighted by Crippen LogP contribution is 2.44. The summed E-state index contributed by atoms with van der Waals surface area (Å²) in [6, 6.07) is 3.98. The second-order valence-electron chi connectivity index (χ2n) is 10.7. The van der Waals surface area contributed by atoms with E-state index in [2.05, 4.69) is 37.1 Å². The van der Waals surface area contributed by atoms with E-state index in [1.54, 1.807) is 6.92 Å². The molecule has 3 aliphatic rings. The number of aromatic amines is 1. The summed E-state index contributed by atoms with van der Waals surface area (Å²) in [5.74, 6) is 2.53. The van der Waals surface area contributed by atoms with E-state index in [1.807, 2.05) is 18.3 Å². The van der Waals surface area contributed by atoms with Gasteiger partial charge in [-0.1, -0.05) is 11.6 Å². The number of fused-ring (bicyclic) bond motifs is 2. The van der Waals surface area contributed by atoms with Gasteiger partial charge in [0.15, 0.2) is 17.0 Å². The second kappa shape index (κ2) is 8.89. The monoisotopic (exact) mass is 535 g/mol. The van der Waals surface area contributed by atoms with Gasteiger partial charge in [0, 0.05) is 43.7 Å². The molecule has 0 bridgehead atoms. The van der Waals surface area contributed by atoms with E-state index in [-0.39, 0.29) is 17.6 Å². The molecule has 12 heteroatoms. The van der Waals surface area contributed by atoms with Gasteiger partial charge in [0.25, 0.3) is 0 Å². The summed E-state index contributed by atoms with van der Waals surface area (Å²) in [6.07, 6.45) is 5.72. The Morgan fingerprint density at radius 2 is 2.03 bits per heavy atom. The van der Waals surface area contributed by atoms with E-state index in [0.717, 1.165) is 85.9 Å². The van der Waals surface area contributed by atoms with Crippen LogP contribution in [-0.4, -0.2) is 68.7 Å². The highest BCUT2D eigenvalue weighted by molar-refractivity contribution is 6.33. The van der Waals surface area contributed by atoms with Crippen LogP contribution in [0.15, 0.2) is 22.7 Å². The van der Waals surface area contributed by atoms with Crippen molar-refractivity contribution in [3.63, 3.8) is 0 Å². The fourth-order valence-corrected chi connectivity index (χ4v) is 6.53. The standard InChI is InChI=1S/C26H30ClN9O2/c1-14-22(28)26(13-37-14)7-10-35(11-8-26)19-12-29-21-23(30-19)32-33-24(21)36-9-3-4-16-18(36)6-5-17(27)20(16)25-34-31-15(2)38-25/h5-6,12,14,22H,3-4,7-11,13,28H2,1-2H3,(H,30,32,33)/t14-,22+/m0/s1. The molecule has 0 saturated carbocycles. The largest absolute Gasteiger partial charge is 0.421 e. The number of hydrogen-bond donors (Lipinski definition) is 2. The number of H-pyrrole nitrogens is 1. The van der Waals surface area contributed by atoms with E-state index in [1.165, 1.54) is 0 Å². The second-order valence-corrected chi connectivity index (χ2v) is 11.1. The molecule has 11 nitrogen and oxygen atoms in total. The van der Waals surface area contributed by atoms with Gasteiger partial charge in [-0.15, -0.1) is 10.2 Å².